The Morgan fingerprint density at radius 3 is 2.61 bits per heavy atom. The molecule has 1 nitrogen and oxygen atoms in total. The van der Waals surface area contributed by atoms with Crippen LogP contribution in [0.4, 0.5) is 0 Å². The highest BCUT2D eigenvalue weighted by molar-refractivity contribution is 6.35. The van der Waals surface area contributed by atoms with E-state index in [1.165, 1.54) is 0 Å². The van der Waals surface area contributed by atoms with Crippen molar-refractivity contribution in [1.82, 2.24) is 0 Å². The number of alkyl halides is 1. The van der Waals surface area contributed by atoms with Crippen LogP contribution in [0.1, 0.15) is 17.4 Å². The summed E-state index contributed by atoms with van der Waals surface area (Å²) in [6.07, 6.45) is 1.03. The number of hydrogen-bond donors (Lipinski definition) is 0. The summed E-state index contributed by atoms with van der Waals surface area (Å²) in [6, 6.07) is 12.1. The van der Waals surface area contributed by atoms with Crippen molar-refractivity contribution in [3.8, 4) is 0 Å². The average Bonchev–Trinajstić information content (AvgIpc) is 2.93. The van der Waals surface area contributed by atoms with Gasteiger partial charge in [-0.1, -0.05) is 41.9 Å². The van der Waals surface area contributed by atoms with Crippen molar-refractivity contribution < 1.29 is 4.74 Å². The maximum atomic E-state index is 6.62. The summed E-state index contributed by atoms with van der Waals surface area (Å²) >= 11 is 12.8. The van der Waals surface area contributed by atoms with Crippen LogP contribution in [-0.4, -0.2) is 13.2 Å². The minimum Gasteiger partial charge on any atom is -0.381 e. The highest BCUT2D eigenvalue weighted by Gasteiger charge is 2.26. The van der Waals surface area contributed by atoms with Crippen molar-refractivity contribution in [3.63, 3.8) is 0 Å². The van der Waals surface area contributed by atoms with E-state index in [1.54, 1.807) is 0 Å². The zero-order valence-electron chi connectivity index (χ0n) is 9.90. The van der Waals surface area contributed by atoms with Gasteiger partial charge in [-0.05, 0) is 23.4 Å². The van der Waals surface area contributed by atoms with Gasteiger partial charge in [-0.3, -0.25) is 0 Å². The van der Waals surface area contributed by atoms with Crippen LogP contribution in [0.15, 0.2) is 36.4 Å². The largest absolute Gasteiger partial charge is 0.381 e. The van der Waals surface area contributed by atoms with Crippen LogP contribution >= 0.6 is 23.2 Å². The number of halogens is 2. The van der Waals surface area contributed by atoms with Crippen molar-refractivity contribution in [2.45, 2.75) is 11.8 Å². The Morgan fingerprint density at radius 1 is 1.11 bits per heavy atom. The van der Waals surface area contributed by atoms with Gasteiger partial charge in [-0.2, -0.15) is 0 Å². The van der Waals surface area contributed by atoms with Crippen LogP contribution < -0.4 is 0 Å². The van der Waals surface area contributed by atoms with Crippen LogP contribution in [0.3, 0.4) is 0 Å². The first-order valence-corrected chi connectivity index (χ1v) is 6.98. The summed E-state index contributed by atoms with van der Waals surface area (Å²) in [5.41, 5.74) is 1.16. The van der Waals surface area contributed by atoms with Gasteiger partial charge in [0.2, 0.25) is 0 Å². The third-order valence-electron chi connectivity index (χ3n) is 3.58. The lowest BCUT2D eigenvalue weighted by molar-refractivity contribution is 0.185. The van der Waals surface area contributed by atoms with Crippen molar-refractivity contribution in [1.29, 1.82) is 0 Å². The maximum Gasteiger partial charge on any atom is 0.0642 e. The SMILES string of the molecule is Clc1ccc(C(Cl)C2CCOC2)c2ccccc12. The van der Waals surface area contributed by atoms with Gasteiger partial charge in [0.05, 0.1) is 12.0 Å². The van der Waals surface area contributed by atoms with Gasteiger partial charge in [0.25, 0.3) is 0 Å². The first kappa shape index (κ1) is 12.3. The molecule has 1 heterocycles. The molecule has 2 atom stereocenters. The molecule has 18 heavy (non-hydrogen) atoms. The van der Waals surface area contributed by atoms with Crippen LogP contribution in [0.25, 0.3) is 10.8 Å². The molecule has 3 heteroatoms. The zero-order chi connectivity index (χ0) is 12.5. The van der Waals surface area contributed by atoms with Gasteiger partial charge in [-0.25, -0.2) is 0 Å². The molecule has 1 fully saturated rings. The Morgan fingerprint density at radius 2 is 1.89 bits per heavy atom. The van der Waals surface area contributed by atoms with Crippen LogP contribution in [0, 0.1) is 5.92 Å². The fraction of sp³-hybridized carbons (Fsp3) is 0.333. The summed E-state index contributed by atoms with van der Waals surface area (Å²) in [5, 5.41) is 2.99. The first-order chi connectivity index (χ1) is 8.77. The number of hydrogen-bond acceptors (Lipinski definition) is 1. The predicted octanol–water partition coefficient (Wildman–Crippen LogP) is 4.81. The van der Waals surface area contributed by atoms with Gasteiger partial charge >= 0.3 is 0 Å². The van der Waals surface area contributed by atoms with E-state index in [2.05, 4.69) is 6.07 Å². The molecule has 2 aromatic carbocycles. The summed E-state index contributed by atoms with van der Waals surface area (Å²) < 4.78 is 5.42. The van der Waals surface area contributed by atoms with Crippen LogP contribution in [0.5, 0.6) is 0 Å². The number of ether oxygens (including phenoxy) is 1. The minimum absolute atomic E-state index is 0.00494. The molecule has 1 saturated heterocycles. The molecule has 2 unspecified atom stereocenters. The molecule has 0 spiro atoms. The second-order valence-electron chi connectivity index (χ2n) is 4.71. The lowest BCUT2D eigenvalue weighted by Crippen LogP contribution is -2.08. The Bertz CT molecular complexity index is 561. The summed E-state index contributed by atoms with van der Waals surface area (Å²) in [5.74, 6) is 0.399. The molecule has 0 bridgehead atoms. The van der Waals surface area contributed by atoms with Crippen LogP contribution in [0.2, 0.25) is 5.02 Å². The van der Waals surface area contributed by atoms with E-state index >= 15 is 0 Å². The zero-order valence-corrected chi connectivity index (χ0v) is 11.4. The van der Waals surface area contributed by atoms with Crippen molar-refractivity contribution in [2.75, 3.05) is 13.2 Å². The number of rotatable bonds is 2. The molecular formula is C15H14Cl2O. The molecule has 0 saturated carbocycles. The monoisotopic (exact) mass is 280 g/mol. The van der Waals surface area contributed by atoms with E-state index in [4.69, 9.17) is 27.9 Å². The number of fused-ring (bicyclic) bond motifs is 1. The third-order valence-corrected chi connectivity index (χ3v) is 4.50. The molecule has 2 aromatic rings. The van der Waals surface area contributed by atoms with Crippen molar-refractivity contribution in [2.24, 2.45) is 5.92 Å². The highest BCUT2D eigenvalue weighted by atomic mass is 35.5. The van der Waals surface area contributed by atoms with E-state index in [0.717, 1.165) is 41.0 Å². The van der Waals surface area contributed by atoms with E-state index < -0.39 is 0 Å². The maximum absolute atomic E-state index is 6.62. The van der Waals surface area contributed by atoms with Gasteiger partial charge in [0.15, 0.2) is 0 Å². The second-order valence-corrected chi connectivity index (χ2v) is 5.59. The lowest BCUT2D eigenvalue weighted by Gasteiger charge is -2.18. The van der Waals surface area contributed by atoms with Crippen LogP contribution in [-0.2, 0) is 4.74 Å². The van der Waals surface area contributed by atoms with E-state index in [-0.39, 0.29) is 5.38 Å². The fourth-order valence-electron chi connectivity index (χ4n) is 2.56. The first-order valence-electron chi connectivity index (χ1n) is 6.16. The van der Waals surface area contributed by atoms with Crippen molar-refractivity contribution >= 4 is 34.0 Å². The smallest absolute Gasteiger partial charge is 0.0642 e. The van der Waals surface area contributed by atoms with E-state index in [9.17, 15) is 0 Å². The molecule has 0 aromatic heterocycles. The normalized spacial score (nSPS) is 21.3. The summed E-state index contributed by atoms with van der Waals surface area (Å²) in [7, 11) is 0. The van der Waals surface area contributed by atoms with Crippen molar-refractivity contribution in [3.05, 3.63) is 47.0 Å². The molecule has 0 amide bonds. The van der Waals surface area contributed by atoms with Gasteiger partial charge in [0, 0.05) is 22.9 Å². The molecule has 1 aliphatic rings. The standard InChI is InChI=1S/C15H14Cl2O/c16-14-6-5-13(11-3-1-2-4-12(11)14)15(17)10-7-8-18-9-10/h1-6,10,15H,7-9H2. The van der Waals surface area contributed by atoms with Gasteiger partial charge < -0.3 is 4.74 Å². The Hall–Kier alpha value is -0.760. The average molecular weight is 281 g/mol. The summed E-state index contributed by atoms with van der Waals surface area (Å²) in [4.78, 5) is 0. The highest BCUT2D eigenvalue weighted by Crippen LogP contribution is 2.39. The fourth-order valence-corrected chi connectivity index (χ4v) is 3.18. The predicted molar refractivity (Wildman–Crippen MR) is 76.5 cm³/mol. The van der Waals surface area contributed by atoms with E-state index in [1.807, 2.05) is 30.3 Å². The molecule has 1 aliphatic heterocycles. The number of benzene rings is 2. The Labute approximate surface area is 117 Å². The molecule has 0 aliphatic carbocycles. The quantitative estimate of drug-likeness (QED) is 0.718. The Kier molecular flexibility index (Phi) is 3.47. The topological polar surface area (TPSA) is 9.23 Å². The molecule has 0 radical (unpaired) electrons. The third kappa shape index (κ3) is 2.11. The molecule has 94 valence electrons. The second kappa shape index (κ2) is 5.08. The summed E-state index contributed by atoms with van der Waals surface area (Å²) in [6.45, 7) is 1.57. The molecule has 0 N–H and O–H groups in total. The molecular weight excluding hydrogens is 267 g/mol. The minimum atomic E-state index is -0.00494. The molecule has 3 rings (SSSR count). The van der Waals surface area contributed by atoms with E-state index in [0.29, 0.717) is 5.92 Å². The Balaban J connectivity index is 2.08. The van der Waals surface area contributed by atoms with Gasteiger partial charge in [-0.15, -0.1) is 11.6 Å². The lowest BCUT2D eigenvalue weighted by atomic mass is 9.94. The van der Waals surface area contributed by atoms with Gasteiger partial charge in [0.1, 0.15) is 0 Å².